The van der Waals surface area contributed by atoms with Crippen molar-refractivity contribution in [2.75, 3.05) is 6.54 Å². The van der Waals surface area contributed by atoms with Crippen LogP contribution in [0.1, 0.15) is 30.5 Å². The maximum Gasteiger partial charge on any atom is 0.123 e. The molecule has 0 amide bonds. The number of nitrogens with one attached hydrogen (secondary N) is 1. The van der Waals surface area contributed by atoms with Crippen LogP contribution in [-0.4, -0.2) is 11.5 Å². The Kier molecular flexibility index (Phi) is 5.04. The average Bonchev–Trinajstić information content (AvgIpc) is 2.45. The summed E-state index contributed by atoms with van der Waals surface area (Å²) in [5, 5.41) is 3.47. The summed E-state index contributed by atoms with van der Waals surface area (Å²) in [5.74, 6) is -0.174. The fourth-order valence-corrected chi connectivity index (χ4v) is 2.16. The van der Waals surface area contributed by atoms with Crippen LogP contribution in [-0.2, 0) is 6.42 Å². The van der Waals surface area contributed by atoms with Crippen LogP contribution >= 0.6 is 0 Å². The molecule has 0 radical (unpaired) electrons. The average molecular weight is 258 g/mol. The lowest BCUT2D eigenvalue weighted by Crippen LogP contribution is -2.23. The van der Waals surface area contributed by atoms with E-state index >= 15 is 0 Å². The molecule has 2 aromatic rings. The van der Waals surface area contributed by atoms with Crippen LogP contribution in [0.25, 0.3) is 0 Å². The number of halogens is 1. The Morgan fingerprint density at radius 3 is 2.68 bits per heavy atom. The minimum Gasteiger partial charge on any atom is -0.310 e. The van der Waals surface area contributed by atoms with Gasteiger partial charge >= 0.3 is 0 Å². The number of hydrogen-bond acceptors (Lipinski definition) is 2. The van der Waals surface area contributed by atoms with Gasteiger partial charge in [-0.25, -0.2) is 4.39 Å². The third-order valence-corrected chi connectivity index (χ3v) is 3.21. The fourth-order valence-electron chi connectivity index (χ4n) is 2.16. The van der Waals surface area contributed by atoms with Crippen molar-refractivity contribution in [1.82, 2.24) is 10.3 Å². The quantitative estimate of drug-likeness (QED) is 0.857. The van der Waals surface area contributed by atoms with Gasteiger partial charge in [0.15, 0.2) is 0 Å². The predicted molar refractivity (Wildman–Crippen MR) is 75.4 cm³/mol. The van der Waals surface area contributed by atoms with Crippen LogP contribution in [0.3, 0.4) is 0 Å². The largest absolute Gasteiger partial charge is 0.310 e. The number of hydrogen-bond donors (Lipinski definition) is 1. The number of pyridine rings is 1. The molecule has 2 nitrogen and oxygen atoms in total. The normalized spacial score (nSPS) is 12.3. The molecule has 0 saturated heterocycles. The zero-order valence-electron chi connectivity index (χ0n) is 11.1. The predicted octanol–water partition coefficient (Wildman–Crippen LogP) is 3.50. The van der Waals surface area contributed by atoms with E-state index in [4.69, 9.17) is 0 Å². The minimum absolute atomic E-state index is 0.174. The summed E-state index contributed by atoms with van der Waals surface area (Å²) in [6.45, 7) is 2.98. The first kappa shape index (κ1) is 13.7. The first-order valence-corrected chi connectivity index (χ1v) is 6.67. The van der Waals surface area contributed by atoms with E-state index in [9.17, 15) is 4.39 Å². The number of rotatable bonds is 6. The lowest BCUT2D eigenvalue weighted by atomic mass is 10.0. The molecule has 0 bridgehead atoms. The summed E-state index contributed by atoms with van der Waals surface area (Å²) < 4.78 is 13.2. The van der Waals surface area contributed by atoms with Gasteiger partial charge in [0.2, 0.25) is 0 Å². The van der Waals surface area contributed by atoms with Crippen LogP contribution in [0.4, 0.5) is 4.39 Å². The zero-order chi connectivity index (χ0) is 13.5. The van der Waals surface area contributed by atoms with E-state index in [-0.39, 0.29) is 11.9 Å². The van der Waals surface area contributed by atoms with Gasteiger partial charge in [0, 0.05) is 18.4 Å². The van der Waals surface area contributed by atoms with Gasteiger partial charge in [-0.2, -0.15) is 0 Å². The SMILES string of the molecule is CCC(NCCc1ccncc1)c1cccc(F)c1. The van der Waals surface area contributed by atoms with Gasteiger partial charge in [-0.05, 0) is 54.8 Å². The van der Waals surface area contributed by atoms with Crippen molar-refractivity contribution in [3.63, 3.8) is 0 Å². The Balaban J connectivity index is 1.89. The number of aromatic nitrogens is 1. The molecule has 3 heteroatoms. The Morgan fingerprint density at radius 1 is 1.21 bits per heavy atom. The van der Waals surface area contributed by atoms with Gasteiger partial charge in [-0.3, -0.25) is 4.98 Å². The molecule has 1 N–H and O–H groups in total. The van der Waals surface area contributed by atoms with Crippen LogP contribution < -0.4 is 5.32 Å². The first-order valence-electron chi connectivity index (χ1n) is 6.67. The molecular weight excluding hydrogens is 239 g/mol. The van der Waals surface area contributed by atoms with E-state index in [1.807, 2.05) is 18.2 Å². The zero-order valence-corrected chi connectivity index (χ0v) is 11.1. The molecule has 1 aromatic carbocycles. The smallest absolute Gasteiger partial charge is 0.123 e. The van der Waals surface area contributed by atoms with Gasteiger partial charge in [0.25, 0.3) is 0 Å². The van der Waals surface area contributed by atoms with Gasteiger partial charge < -0.3 is 5.32 Å². The third-order valence-electron chi connectivity index (χ3n) is 3.21. The fraction of sp³-hybridized carbons (Fsp3) is 0.312. The van der Waals surface area contributed by atoms with Crippen molar-refractivity contribution in [2.24, 2.45) is 0 Å². The maximum atomic E-state index is 13.2. The molecular formula is C16H19FN2. The molecule has 0 aliphatic carbocycles. The molecule has 1 aromatic heterocycles. The molecule has 1 atom stereocenters. The summed E-state index contributed by atoms with van der Waals surface area (Å²) in [6, 6.07) is 11.1. The summed E-state index contributed by atoms with van der Waals surface area (Å²) in [7, 11) is 0. The molecule has 0 spiro atoms. The molecule has 0 aliphatic heterocycles. The van der Waals surface area contributed by atoms with Crippen LogP contribution in [0.2, 0.25) is 0 Å². The molecule has 0 saturated carbocycles. The molecule has 0 fully saturated rings. The number of benzene rings is 1. The van der Waals surface area contributed by atoms with E-state index in [1.54, 1.807) is 24.5 Å². The van der Waals surface area contributed by atoms with Crippen molar-refractivity contribution < 1.29 is 4.39 Å². The second-order valence-corrected chi connectivity index (χ2v) is 4.58. The highest BCUT2D eigenvalue weighted by Crippen LogP contribution is 2.17. The Bertz CT molecular complexity index is 499. The molecule has 19 heavy (non-hydrogen) atoms. The summed E-state index contributed by atoms with van der Waals surface area (Å²) >= 11 is 0. The van der Waals surface area contributed by atoms with Gasteiger partial charge in [0.05, 0.1) is 0 Å². The molecule has 0 aliphatic rings. The maximum absolute atomic E-state index is 13.2. The summed E-state index contributed by atoms with van der Waals surface area (Å²) in [6.07, 6.45) is 5.51. The Hall–Kier alpha value is -1.74. The van der Waals surface area contributed by atoms with Crippen molar-refractivity contribution in [2.45, 2.75) is 25.8 Å². The third kappa shape index (κ3) is 4.14. The van der Waals surface area contributed by atoms with Crippen LogP contribution in [0.5, 0.6) is 0 Å². The van der Waals surface area contributed by atoms with Crippen molar-refractivity contribution in [3.05, 3.63) is 65.7 Å². The number of nitrogens with zero attached hydrogens (tertiary/aromatic N) is 1. The first-order chi connectivity index (χ1) is 9.29. The van der Waals surface area contributed by atoms with Crippen molar-refractivity contribution >= 4 is 0 Å². The van der Waals surface area contributed by atoms with Gasteiger partial charge in [0.1, 0.15) is 5.82 Å². The molecule has 2 rings (SSSR count). The monoisotopic (exact) mass is 258 g/mol. The van der Waals surface area contributed by atoms with E-state index in [0.29, 0.717) is 0 Å². The van der Waals surface area contributed by atoms with Crippen molar-refractivity contribution in [1.29, 1.82) is 0 Å². The minimum atomic E-state index is -0.174. The second kappa shape index (κ2) is 7.00. The molecule has 1 unspecified atom stereocenters. The van der Waals surface area contributed by atoms with E-state index in [1.165, 1.54) is 11.6 Å². The van der Waals surface area contributed by atoms with E-state index in [0.717, 1.165) is 24.9 Å². The lowest BCUT2D eigenvalue weighted by Gasteiger charge is -2.17. The van der Waals surface area contributed by atoms with E-state index in [2.05, 4.69) is 17.2 Å². The van der Waals surface area contributed by atoms with Gasteiger partial charge in [-0.1, -0.05) is 19.1 Å². The highest BCUT2D eigenvalue weighted by atomic mass is 19.1. The van der Waals surface area contributed by atoms with Crippen molar-refractivity contribution in [3.8, 4) is 0 Å². The Labute approximate surface area is 113 Å². The van der Waals surface area contributed by atoms with E-state index < -0.39 is 0 Å². The highest BCUT2D eigenvalue weighted by molar-refractivity contribution is 5.20. The van der Waals surface area contributed by atoms with Crippen LogP contribution in [0.15, 0.2) is 48.8 Å². The highest BCUT2D eigenvalue weighted by Gasteiger charge is 2.08. The summed E-state index contributed by atoms with van der Waals surface area (Å²) in [4.78, 5) is 4.00. The van der Waals surface area contributed by atoms with Gasteiger partial charge in [-0.15, -0.1) is 0 Å². The second-order valence-electron chi connectivity index (χ2n) is 4.58. The standard InChI is InChI=1S/C16H19FN2/c1-2-16(14-4-3-5-15(17)12-14)19-11-8-13-6-9-18-10-7-13/h3-7,9-10,12,16,19H,2,8,11H2,1H3. The topological polar surface area (TPSA) is 24.9 Å². The van der Waals surface area contributed by atoms with Crippen LogP contribution in [0, 0.1) is 5.82 Å². The Morgan fingerprint density at radius 2 is 2.00 bits per heavy atom. The summed E-state index contributed by atoms with van der Waals surface area (Å²) in [5.41, 5.74) is 2.27. The molecule has 1 heterocycles. The lowest BCUT2D eigenvalue weighted by molar-refractivity contribution is 0.518. The molecule has 100 valence electrons.